The lowest BCUT2D eigenvalue weighted by atomic mass is 10.2. The number of amides is 2. The summed E-state index contributed by atoms with van der Waals surface area (Å²) >= 11 is 0. The van der Waals surface area contributed by atoms with Gasteiger partial charge in [0.25, 0.3) is 0 Å². The number of nitrogens with one attached hydrogen (secondary N) is 2. The summed E-state index contributed by atoms with van der Waals surface area (Å²) in [6.07, 6.45) is 0. The first-order chi connectivity index (χ1) is 15.7. The van der Waals surface area contributed by atoms with Crippen LogP contribution in [0.15, 0.2) is 95.5 Å². The fourth-order valence-electron chi connectivity index (χ4n) is 3.84. The predicted octanol–water partition coefficient (Wildman–Crippen LogP) is 4.34. The van der Waals surface area contributed by atoms with Gasteiger partial charge in [-0.15, -0.1) is 0 Å². The second kappa shape index (κ2) is 8.47. The van der Waals surface area contributed by atoms with Crippen molar-refractivity contribution >= 4 is 23.2 Å². The molecular weight excluding hydrogens is 404 g/mol. The Morgan fingerprint density at radius 2 is 1.16 bits per heavy atom. The molecule has 3 aromatic carbocycles. The van der Waals surface area contributed by atoms with Crippen LogP contribution in [0.25, 0.3) is 11.4 Å². The van der Waals surface area contributed by atoms with Crippen molar-refractivity contribution in [1.82, 2.24) is 10.1 Å². The van der Waals surface area contributed by atoms with E-state index >= 15 is 0 Å². The zero-order valence-corrected chi connectivity index (χ0v) is 17.0. The average molecular weight is 424 g/mol. The van der Waals surface area contributed by atoms with Gasteiger partial charge < -0.3 is 15.2 Å². The number of nitrogens with zero attached hydrogens (tertiary/aromatic N) is 2. The predicted molar refractivity (Wildman–Crippen MR) is 120 cm³/mol. The smallest absolute Gasteiger partial charge is 0.231 e. The van der Waals surface area contributed by atoms with E-state index in [2.05, 4.69) is 20.8 Å². The number of para-hydroxylation sites is 2. The van der Waals surface area contributed by atoms with Crippen molar-refractivity contribution in [2.24, 2.45) is 11.8 Å². The molecule has 1 heterocycles. The van der Waals surface area contributed by atoms with Gasteiger partial charge in [-0.25, -0.2) is 0 Å². The number of benzene rings is 3. The summed E-state index contributed by atoms with van der Waals surface area (Å²) in [5.74, 6) is -1.51. The lowest BCUT2D eigenvalue weighted by molar-refractivity contribution is -0.122. The molecule has 1 saturated carbocycles. The van der Waals surface area contributed by atoms with Gasteiger partial charge in [0.1, 0.15) is 0 Å². The molecule has 0 spiro atoms. The standard InChI is InChI=1S/C25H20N4O3/c30-23(26-17-12-6-2-7-13-17)19-20(24(31)27-18-14-8-3-9-15-18)21(19)25-28-22(29-32-25)16-10-4-1-5-11-16/h1-15,19-21H,(H,26,30)(H,27,31). The molecule has 1 fully saturated rings. The van der Waals surface area contributed by atoms with Gasteiger partial charge in [0, 0.05) is 16.9 Å². The van der Waals surface area contributed by atoms with Crippen LogP contribution in [0.4, 0.5) is 11.4 Å². The van der Waals surface area contributed by atoms with Gasteiger partial charge in [-0.05, 0) is 24.3 Å². The fourth-order valence-corrected chi connectivity index (χ4v) is 3.84. The third-order valence-corrected chi connectivity index (χ3v) is 5.47. The molecule has 0 bridgehead atoms. The molecule has 2 amide bonds. The second-order valence-electron chi connectivity index (χ2n) is 7.61. The molecule has 1 aliphatic rings. The maximum Gasteiger partial charge on any atom is 0.231 e. The molecule has 0 aliphatic heterocycles. The summed E-state index contributed by atoms with van der Waals surface area (Å²) in [5.41, 5.74) is 2.14. The number of carbonyl (C=O) groups excluding carboxylic acids is 2. The van der Waals surface area contributed by atoms with Crippen LogP contribution >= 0.6 is 0 Å². The summed E-state index contributed by atoms with van der Waals surface area (Å²) in [6.45, 7) is 0. The highest BCUT2D eigenvalue weighted by atomic mass is 16.5. The number of anilines is 2. The fraction of sp³-hybridized carbons (Fsp3) is 0.120. The summed E-state index contributed by atoms with van der Waals surface area (Å²) in [7, 11) is 0. The van der Waals surface area contributed by atoms with Crippen molar-refractivity contribution in [1.29, 1.82) is 0 Å². The Kier molecular flexibility index (Phi) is 5.21. The molecule has 7 heteroatoms. The van der Waals surface area contributed by atoms with Crippen molar-refractivity contribution < 1.29 is 14.1 Å². The van der Waals surface area contributed by atoms with Gasteiger partial charge in [-0.2, -0.15) is 4.98 Å². The average Bonchev–Trinajstić information content (AvgIpc) is 3.40. The van der Waals surface area contributed by atoms with Crippen LogP contribution in [0, 0.1) is 11.8 Å². The van der Waals surface area contributed by atoms with Crippen LogP contribution in [0.2, 0.25) is 0 Å². The molecule has 2 unspecified atom stereocenters. The molecule has 2 atom stereocenters. The number of rotatable bonds is 6. The summed E-state index contributed by atoms with van der Waals surface area (Å²) < 4.78 is 5.48. The van der Waals surface area contributed by atoms with Gasteiger partial charge in [0.05, 0.1) is 17.8 Å². The van der Waals surface area contributed by atoms with E-state index in [1.54, 1.807) is 24.3 Å². The third kappa shape index (κ3) is 4.00. The van der Waals surface area contributed by atoms with E-state index in [0.717, 1.165) is 5.56 Å². The summed E-state index contributed by atoms with van der Waals surface area (Å²) in [5, 5.41) is 9.82. The normalized spacial score (nSPS) is 19.2. The van der Waals surface area contributed by atoms with Crippen molar-refractivity contribution in [2.75, 3.05) is 10.6 Å². The monoisotopic (exact) mass is 424 g/mol. The molecule has 158 valence electrons. The van der Waals surface area contributed by atoms with E-state index in [0.29, 0.717) is 17.2 Å². The highest BCUT2D eigenvalue weighted by Crippen LogP contribution is 2.54. The third-order valence-electron chi connectivity index (χ3n) is 5.47. The van der Waals surface area contributed by atoms with Crippen LogP contribution in [0.3, 0.4) is 0 Å². The Hall–Kier alpha value is -4.26. The molecule has 2 N–H and O–H groups in total. The maximum atomic E-state index is 13.0. The molecule has 7 nitrogen and oxygen atoms in total. The first-order valence-electron chi connectivity index (χ1n) is 10.3. The lowest BCUT2D eigenvalue weighted by Gasteiger charge is -2.05. The Bertz CT molecular complexity index is 1170. The van der Waals surface area contributed by atoms with Crippen molar-refractivity contribution in [3.05, 3.63) is 96.9 Å². The van der Waals surface area contributed by atoms with Crippen molar-refractivity contribution in [3.63, 3.8) is 0 Å². The minimum atomic E-state index is -0.608. The highest BCUT2D eigenvalue weighted by Gasteiger charge is 2.62. The zero-order chi connectivity index (χ0) is 21.9. The summed E-state index contributed by atoms with van der Waals surface area (Å²) in [4.78, 5) is 30.5. The van der Waals surface area contributed by atoms with E-state index in [9.17, 15) is 9.59 Å². The Balaban J connectivity index is 1.39. The largest absolute Gasteiger partial charge is 0.339 e. The SMILES string of the molecule is O=C(Nc1ccccc1)C1C(C(=O)Nc2ccccc2)C1c1nc(-c2ccccc2)no1. The highest BCUT2D eigenvalue weighted by molar-refractivity contribution is 6.04. The molecule has 0 saturated heterocycles. The number of hydrogen-bond acceptors (Lipinski definition) is 5. The quantitative estimate of drug-likeness (QED) is 0.480. The van der Waals surface area contributed by atoms with E-state index in [1.807, 2.05) is 66.7 Å². The molecule has 4 aromatic rings. The Morgan fingerprint density at radius 3 is 1.66 bits per heavy atom. The van der Waals surface area contributed by atoms with E-state index in [4.69, 9.17) is 4.52 Å². The topological polar surface area (TPSA) is 97.1 Å². The molecule has 32 heavy (non-hydrogen) atoms. The second-order valence-corrected chi connectivity index (χ2v) is 7.61. The maximum absolute atomic E-state index is 13.0. The molecule has 0 radical (unpaired) electrons. The molecule has 1 aromatic heterocycles. The minimum absolute atomic E-state index is 0.256. The van der Waals surface area contributed by atoms with Crippen LogP contribution in [-0.2, 0) is 9.59 Å². The van der Waals surface area contributed by atoms with Crippen molar-refractivity contribution in [3.8, 4) is 11.4 Å². The van der Waals surface area contributed by atoms with Crippen molar-refractivity contribution in [2.45, 2.75) is 5.92 Å². The Labute approximate surface area is 184 Å². The van der Waals surface area contributed by atoms with E-state index in [-0.39, 0.29) is 17.7 Å². The van der Waals surface area contributed by atoms with Gasteiger partial charge in [0.2, 0.25) is 23.5 Å². The number of aromatic nitrogens is 2. The van der Waals surface area contributed by atoms with Crippen LogP contribution < -0.4 is 10.6 Å². The molecular formula is C25H20N4O3. The van der Waals surface area contributed by atoms with Gasteiger partial charge in [-0.3, -0.25) is 9.59 Å². The van der Waals surface area contributed by atoms with E-state index < -0.39 is 17.8 Å². The van der Waals surface area contributed by atoms with Crippen LogP contribution in [0.1, 0.15) is 11.8 Å². The van der Waals surface area contributed by atoms with Gasteiger partial charge in [0.15, 0.2) is 0 Å². The number of carbonyl (C=O) groups is 2. The molecule has 1 aliphatic carbocycles. The lowest BCUT2D eigenvalue weighted by Crippen LogP contribution is -2.20. The number of hydrogen-bond donors (Lipinski definition) is 2. The van der Waals surface area contributed by atoms with Gasteiger partial charge >= 0.3 is 0 Å². The van der Waals surface area contributed by atoms with Crippen LogP contribution in [0.5, 0.6) is 0 Å². The minimum Gasteiger partial charge on any atom is -0.339 e. The first kappa shape index (κ1) is 19.7. The first-order valence-corrected chi connectivity index (χ1v) is 10.3. The Morgan fingerprint density at radius 1 is 0.688 bits per heavy atom. The van der Waals surface area contributed by atoms with E-state index in [1.165, 1.54) is 0 Å². The zero-order valence-electron chi connectivity index (χ0n) is 17.0. The molecule has 5 rings (SSSR count). The van der Waals surface area contributed by atoms with Crippen LogP contribution in [-0.4, -0.2) is 22.0 Å². The van der Waals surface area contributed by atoms with Gasteiger partial charge in [-0.1, -0.05) is 71.9 Å². The summed E-state index contributed by atoms with van der Waals surface area (Å²) in [6, 6.07) is 27.7.